The highest BCUT2D eigenvalue weighted by Crippen LogP contribution is 2.17. The van der Waals surface area contributed by atoms with Crippen molar-refractivity contribution in [3.05, 3.63) is 55.7 Å². The number of hydrogen-bond acceptors (Lipinski definition) is 7. The van der Waals surface area contributed by atoms with Crippen LogP contribution < -0.4 is 21.7 Å². The standard InChI is InChI=1S/C18H20ClN3O6/c1-3-8-22-15(20)14(16(24)21-18(22)26)13(23)9-27-17(25)10(2)28-12-6-4-11(19)5-7-12/h4-7,10H,3,8-9,20H2,1-2H3,(H,21,24,26)/t10-/m0/s1. The highest BCUT2D eigenvalue weighted by atomic mass is 35.5. The van der Waals surface area contributed by atoms with Crippen molar-refractivity contribution in [2.45, 2.75) is 32.9 Å². The first-order chi connectivity index (χ1) is 13.2. The molecule has 0 aliphatic heterocycles. The maximum absolute atomic E-state index is 12.3. The van der Waals surface area contributed by atoms with Gasteiger partial charge in [-0.05, 0) is 37.6 Å². The number of esters is 1. The van der Waals surface area contributed by atoms with Crippen molar-refractivity contribution in [3.63, 3.8) is 0 Å². The van der Waals surface area contributed by atoms with Crippen LogP contribution >= 0.6 is 11.6 Å². The van der Waals surface area contributed by atoms with Gasteiger partial charge >= 0.3 is 11.7 Å². The summed E-state index contributed by atoms with van der Waals surface area (Å²) < 4.78 is 11.4. The Bertz CT molecular complexity index is 980. The Hall–Kier alpha value is -3.07. The Morgan fingerprint density at radius 2 is 1.89 bits per heavy atom. The molecule has 0 radical (unpaired) electrons. The number of halogens is 1. The monoisotopic (exact) mass is 409 g/mol. The summed E-state index contributed by atoms with van der Waals surface area (Å²) in [7, 11) is 0. The smallest absolute Gasteiger partial charge is 0.347 e. The first-order valence-corrected chi connectivity index (χ1v) is 8.87. The molecule has 0 spiro atoms. The molecule has 0 saturated carbocycles. The molecule has 10 heteroatoms. The van der Waals surface area contributed by atoms with Crippen molar-refractivity contribution in [1.82, 2.24) is 9.55 Å². The minimum Gasteiger partial charge on any atom is -0.479 e. The highest BCUT2D eigenvalue weighted by molar-refractivity contribution is 6.30. The summed E-state index contributed by atoms with van der Waals surface area (Å²) in [5.74, 6) is -1.49. The fourth-order valence-corrected chi connectivity index (χ4v) is 2.52. The summed E-state index contributed by atoms with van der Waals surface area (Å²) in [6, 6.07) is 6.35. The van der Waals surface area contributed by atoms with E-state index in [4.69, 9.17) is 26.8 Å². The van der Waals surface area contributed by atoms with E-state index >= 15 is 0 Å². The predicted octanol–water partition coefficient (Wildman–Crippen LogP) is 1.38. The lowest BCUT2D eigenvalue weighted by Crippen LogP contribution is -2.37. The van der Waals surface area contributed by atoms with Gasteiger partial charge in [0.2, 0.25) is 5.78 Å². The van der Waals surface area contributed by atoms with Gasteiger partial charge in [0.1, 0.15) is 17.1 Å². The Morgan fingerprint density at radius 1 is 1.25 bits per heavy atom. The number of nitrogens with zero attached hydrogens (tertiary/aromatic N) is 1. The van der Waals surface area contributed by atoms with Crippen LogP contribution in [0.2, 0.25) is 5.02 Å². The maximum atomic E-state index is 12.3. The van der Waals surface area contributed by atoms with Crippen LogP contribution in [0.1, 0.15) is 30.6 Å². The molecule has 0 bridgehead atoms. The number of H-pyrrole nitrogens is 1. The van der Waals surface area contributed by atoms with Gasteiger partial charge in [-0.15, -0.1) is 0 Å². The number of benzene rings is 1. The number of Topliss-reactive ketones (excluding diaryl/α,β-unsaturated/α-hetero) is 1. The van der Waals surface area contributed by atoms with Crippen molar-refractivity contribution in [1.29, 1.82) is 0 Å². The minimum atomic E-state index is -1.00. The van der Waals surface area contributed by atoms with Crippen LogP contribution in [0.3, 0.4) is 0 Å². The molecule has 150 valence electrons. The summed E-state index contributed by atoms with van der Waals surface area (Å²) in [5, 5.41) is 0.514. The van der Waals surface area contributed by atoms with Crippen LogP contribution in [-0.4, -0.2) is 34.0 Å². The van der Waals surface area contributed by atoms with E-state index < -0.39 is 41.3 Å². The second-order valence-corrected chi connectivity index (χ2v) is 6.35. The molecule has 2 aromatic rings. The molecule has 0 amide bonds. The topological polar surface area (TPSA) is 133 Å². The van der Waals surface area contributed by atoms with Crippen LogP contribution in [0, 0.1) is 0 Å². The Morgan fingerprint density at radius 3 is 2.50 bits per heavy atom. The first-order valence-electron chi connectivity index (χ1n) is 8.49. The summed E-state index contributed by atoms with van der Waals surface area (Å²) >= 11 is 5.78. The number of hydrogen-bond donors (Lipinski definition) is 2. The zero-order valence-electron chi connectivity index (χ0n) is 15.4. The van der Waals surface area contributed by atoms with Crippen LogP contribution in [0.25, 0.3) is 0 Å². The number of nitrogen functional groups attached to an aromatic ring is 1. The van der Waals surface area contributed by atoms with E-state index in [1.165, 1.54) is 6.92 Å². The molecule has 1 aromatic heterocycles. The third-order valence-electron chi connectivity index (χ3n) is 3.77. The van der Waals surface area contributed by atoms with Crippen LogP contribution in [-0.2, 0) is 16.1 Å². The van der Waals surface area contributed by atoms with E-state index in [1.807, 2.05) is 11.9 Å². The average molecular weight is 410 g/mol. The number of ether oxygens (including phenoxy) is 2. The van der Waals surface area contributed by atoms with Gasteiger partial charge in [0, 0.05) is 11.6 Å². The lowest BCUT2D eigenvalue weighted by Gasteiger charge is -2.14. The molecular weight excluding hydrogens is 390 g/mol. The van der Waals surface area contributed by atoms with Crippen LogP contribution in [0.5, 0.6) is 5.75 Å². The lowest BCUT2D eigenvalue weighted by molar-refractivity contribution is -0.149. The minimum absolute atomic E-state index is 0.230. The molecule has 28 heavy (non-hydrogen) atoms. The Kier molecular flexibility index (Phi) is 7.00. The number of aromatic nitrogens is 2. The SMILES string of the molecule is CCCn1c(N)c(C(=O)COC(=O)[C@H](C)Oc2ccc(Cl)cc2)c(=O)[nH]c1=O. The Labute approximate surface area is 165 Å². The molecule has 0 saturated heterocycles. The predicted molar refractivity (Wildman–Crippen MR) is 103 cm³/mol. The van der Waals surface area contributed by atoms with E-state index in [-0.39, 0.29) is 12.4 Å². The van der Waals surface area contributed by atoms with E-state index in [2.05, 4.69) is 0 Å². The van der Waals surface area contributed by atoms with Gasteiger partial charge in [0.05, 0.1) is 0 Å². The van der Waals surface area contributed by atoms with E-state index in [9.17, 15) is 19.2 Å². The number of carbonyl (C=O) groups excluding carboxylic acids is 2. The van der Waals surface area contributed by atoms with E-state index in [0.29, 0.717) is 17.2 Å². The number of nitrogens with two attached hydrogens (primary N) is 1. The first kappa shape index (κ1) is 21.2. The molecule has 3 N–H and O–H groups in total. The summed E-state index contributed by atoms with van der Waals surface area (Å²) in [6.07, 6.45) is -0.433. The number of aromatic amines is 1. The largest absolute Gasteiger partial charge is 0.479 e. The van der Waals surface area contributed by atoms with Gasteiger partial charge in [-0.1, -0.05) is 18.5 Å². The van der Waals surface area contributed by atoms with Crippen molar-refractivity contribution in [2.24, 2.45) is 0 Å². The van der Waals surface area contributed by atoms with Gasteiger partial charge in [0.25, 0.3) is 5.56 Å². The zero-order chi connectivity index (χ0) is 20.8. The van der Waals surface area contributed by atoms with Gasteiger partial charge in [-0.25, -0.2) is 9.59 Å². The fourth-order valence-electron chi connectivity index (χ4n) is 2.39. The maximum Gasteiger partial charge on any atom is 0.347 e. The van der Waals surface area contributed by atoms with Crippen molar-refractivity contribution in [3.8, 4) is 5.75 Å². The molecule has 0 aliphatic rings. The van der Waals surface area contributed by atoms with Crippen molar-refractivity contribution in [2.75, 3.05) is 12.3 Å². The zero-order valence-corrected chi connectivity index (χ0v) is 16.1. The highest BCUT2D eigenvalue weighted by Gasteiger charge is 2.23. The molecule has 1 atom stereocenters. The lowest BCUT2D eigenvalue weighted by atomic mass is 10.2. The number of nitrogens with one attached hydrogen (secondary N) is 1. The molecule has 0 fully saturated rings. The van der Waals surface area contributed by atoms with Crippen molar-refractivity contribution < 1.29 is 19.1 Å². The van der Waals surface area contributed by atoms with Crippen LogP contribution in [0.4, 0.5) is 5.82 Å². The molecule has 0 aliphatic carbocycles. The van der Waals surface area contributed by atoms with Gasteiger partial charge in [-0.3, -0.25) is 19.1 Å². The molecule has 9 nitrogen and oxygen atoms in total. The summed E-state index contributed by atoms with van der Waals surface area (Å²) in [6.45, 7) is 2.77. The second kappa shape index (κ2) is 9.23. The average Bonchev–Trinajstić information content (AvgIpc) is 2.64. The van der Waals surface area contributed by atoms with Gasteiger partial charge < -0.3 is 15.2 Å². The van der Waals surface area contributed by atoms with Crippen LogP contribution in [0.15, 0.2) is 33.9 Å². The third kappa shape index (κ3) is 5.01. The summed E-state index contributed by atoms with van der Waals surface area (Å²) in [5.41, 5.74) is 3.74. The molecule has 0 unspecified atom stereocenters. The van der Waals surface area contributed by atoms with Gasteiger partial charge in [0.15, 0.2) is 12.7 Å². The summed E-state index contributed by atoms with van der Waals surface area (Å²) in [4.78, 5) is 50.2. The quantitative estimate of drug-likeness (QED) is 0.496. The van der Waals surface area contributed by atoms with E-state index in [0.717, 1.165) is 4.57 Å². The normalized spacial score (nSPS) is 11.7. The number of ketones is 1. The molecular formula is C18H20ClN3O6. The van der Waals surface area contributed by atoms with E-state index in [1.54, 1.807) is 24.3 Å². The third-order valence-corrected chi connectivity index (χ3v) is 4.02. The fraction of sp³-hybridized carbons (Fsp3) is 0.333. The number of rotatable bonds is 8. The van der Waals surface area contributed by atoms with Crippen molar-refractivity contribution >= 4 is 29.2 Å². The Balaban J connectivity index is 2.06. The number of carbonyl (C=O) groups is 2. The molecule has 1 heterocycles. The second-order valence-electron chi connectivity index (χ2n) is 5.92. The number of anilines is 1. The molecule has 2 rings (SSSR count). The molecule has 1 aromatic carbocycles. The van der Waals surface area contributed by atoms with Gasteiger partial charge in [-0.2, -0.15) is 0 Å².